The van der Waals surface area contributed by atoms with Crippen LogP contribution < -0.4 is 10.6 Å². The minimum atomic E-state index is -0.122. The van der Waals surface area contributed by atoms with E-state index in [1.54, 1.807) is 6.07 Å². The highest BCUT2D eigenvalue weighted by Gasteiger charge is 2.45. The fourth-order valence-corrected chi connectivity index (χ4v) is 3.91. The fraction of sp³-hybridized carbons (Fsp3) is 0.556. The largest absolute Gasteiger partial charge is 0.352 e. The molecule has 0 radical (unpaired) electrons. The van der Waals surface area contributed by atoms with Gasteiger partial charge in [0.25, 0.3) is 0 Å². The molecule has 0 aliphatic heterocycles. The van der Waals surface area contributed by atoms with Crippen LogP contribution in [0.5, 0.6) is 0 Å². The zero-order valence-electron chi connectivity index (χ0n) is 13.5. The van der Waals surface area contributed by atoms with Crippen molar-refractivity contribution in [3.63, 3.8) is 0 Å². The number of benzene rings is 1. The topological polar surface area (TPSA) is 58.2 Å². The molecule has 0 aromatic heterocycles. The molecule has 2 aliphatic rings. The van der Waals surface area contributed by atoms with E-state index in [9.17, 15) is 9.59 Å². The zero-order chi connectivity index (χ0) is 17.1. The summed E-state index contributed by atoms with van der Waals surface area (Å²) in [5, 5.41) is 6.77. The Morgan fingerprint density at radius 2 is 1.88 bits per heavy atom. The van der Waals surface area contributed by atoms with E-state index in [4.69, 9.17) is 23.2 Å². The molecule has 2 amide bonds. The quantitative estimate of drug-likeness (QED) is 0.832. The molecule has 2 unspecified atom stereocenters. The highest BCUT2D eigenvalue weighted by atomic mass is 35.5. The summed E-state index contributed by atoms with van der Waals surface area (Å²) in [6, 6.07) is 5.75. The van der Waals surface area contributed by atoms with Gasteiger partial charge in [0.1, 0.15) is 0 Å². The van der Waals surface area contributed by atoms with Gasteiger partial charge in [-0.25, -0.2) is 0 Å². The van der Waals surface area contributed by atoms with E-state index in [1.165, 1.54) is 19.3 Å². The second kappa shape index (κ2) is 7.75. The minimum Gasteiger partial charge on any atom is -0.352 e. The summed E-state index contributed by atoms with van der Waals surface area (Å²) in [4.78, 5) is 24.2. The van der Waals surface area contributed by atoms with Crippen molar-refractivity contribution in [3.05, 3.63) is 33.8 Å². The Labute approximate surface area is 152 Å². The van der Waals surface area contributed by atoms with E-state index >= 15 is 0 Å². The molecule has 4 nitrogen and oxygen atoms in total. The number of carbonyl (C=O) groups excluding carboxylic acids is 2. The predicted octanol–water partition coefficient (Wildman–Crippen LogP) is 3.66. The Kier molecular flexibility index (Phi) is 5.67. The Morgan fingerprint density at radius 3 is 2.62 bits per heavy atom. The number of hydrogen-bond donors (Lipinski definition) is 2. The fourth-order valence-electron chi connectivity index (χ4n) is 3.46. The highest BCUT2D eigenvalue weighted by Crippen LogP contribution is 2.50. The molecule has 2 saturated carbocycles. The maximum absolute atomic E-state index is 12.2. The summed E-state index contributed by atoms with van der Waals surface area (Å²) >= 11 is 12.2. The number of hydrogen-bond acceptors (Lipinski definition) is 2. The van der Waals surface area contributed by atoms with Crippen molar-refractivity contribution in [1.82, 2.24) is 10.6 Å². The zero-order valence-corrected chi connectivity index (χ0v) is 15.0. The molecule has 130 valence electrons. The van der Waals surface area contributed by atoms with Gasteiger partial charge in [-0.2, -0.15) is 0 Å². The molecule has 0 heterocycles. The van der Waals surface area contributed by atoms with Gasteiger partial charge in [0.05, 0.1) is 16.6 Å². The molecule has 1 aromatic carbocycles. The Bertz CT molecular complexity index is 629. The van der Waals surface area contributed by atoms with Crippen LogP contribution in [0.2, 0.25) is 10.0 Å². The molecule has 2 N–H and O–H groups in total. The Balaban J connectivity index is 1.45. The number of halogens is 2. The first-order chi connectivity index (χ1) is 11.6. The highest BCUT2D eigenvalue weighted by molar-refractivity contribution is 6.42. The van der Waals surface area contributed by atoms with Crippen molar-refractivity contribution in [2.45, 2.75) is 50.5 Å². The van der Waals surface area contributed by atoms with Gasteiger partial charge in [0.2, 0.25) is 11.8 Å². The van der Waals surface area contributed by atoms with Crippen LogP contribution in [-0.4, -0.2) is 24.4 Å². The van der Waals surface area contributed by atoms with Gasteiger partial charge >= 0.3 is 0 Å². The summed E-state index contributed by atoms with van der Waals surface area (Å²) in [5.41, 5.74) is 0.913. The third kappa shape index (κ3) is 4.22. The Morgan fingerprint density at radius 1 is 1.12 bits per heavy atom. The lowest BCUT2D eigenvalue weighted by atomic mass is 9.95. The Hall–Kier alpha value is -1.26. The molecule has 3 rings (SSSR count). The standard InChI is InChI=1S/C18H22Cl2N2O2/c19-15-8-4-7-12(17(15)20)13-9-14(13)18(24)21-10-16(23)22-11-5-2-1-3-6-11/h4,7-8,11,13-14H,1-3,5-6,9-10H2,(H,21,24)(H,22,23). The lowest BCUT2D eigenvalue weighted by molar-refractivity contribution is -0.127. The van der Waals surface area contributed by atoms with Crippen LogP contribution in [0.15, 0.2) is 18.2 Å². The van der Waals surface area contributed by atoms with E-state index in [-0.39, 0.29) is 36.2 Å². The monoisotopic (exact) mass is 368 g/mol. The van der Waals surface area contributed by atoms with Crippen molar-refractivity contribution in [1.29, 1.82) is 0 Å². The first-order valence-electron chi connectivity index (χ1n) is 8.57. The van der Waals surface area contributed by atoms with Crippen LogP contribution in [0.1, 0.15) is 50.0 Å². The smallest absolute Gasteiger partial charge is 0.239 e. The summed E-state index contributed by atoms with van der Waals surface area (Å²) in [5.74, 6) is -0.218. The van der Waals surface area contributed by atoms with Gasteiger partial charge in [-0.15, -0.1) is 0 Å². The molecular weight excluding hydrogens is 347 g/mol. The van der Waals surface area contributed by atoms with Crippen molar-refractivity contribution >= 4 is 35.0 Å². The number of rotatable bonds is 5. The number of amides is 2. The predicted molar refractivity (Wildman–Crippen MR) is 95.3 cm³/mol. The van der Waals surface area contributed by atoms with Crippen LogP contribution in [0, 0.1) is 5.92 Å². The van der Waals surface area contributed by atoms with Gasteiger partial charge in [0.15, 0.2) is 0 Å². The van der Waals surface area contributed by atoms with Crippen molar-refractivity contribution < 1.29 is 9.59 Å². The van der Waals surface area contributed by atoms with Crippen LogP contribution in [-0.2, 0) is 9.59 Å². The number of nitrogens with one attached hydrogen (secondary N) is 2. The third-order valence-corrected chi connectivity index (χ3v) is 5.74. The van der Waals surface area contributed by atoms with Gasteiger partial charge in [-0.05, 0) is 36.8 Å². The van der Waals surface area contributed by atoms with Crippen LogP contribution in [0.4, 0.5) is 0 Å². The number of carbonyl (C=O) groups is 2. The molecule has 2 fully saturated rings. The van der Waals surface area contributed by atoms with Gasteiger partial charge in [-0.1, -0.05) is 54.6 Å². The summed E-state index contributed by atoms with van der Waals surface area (Å²) in [6.07, 6.45) is 6.41. The molecule has 0 saturated heterocycles. The van der Waals surface area contributed by atoms with Gasteiger partial charge in [0, 0.05) is 12.0 Å². The average Bonchev–Trinajstić information content (AvgIpc) is 3.37. The van der Waals surface area contributed by atoms with E-state index < -0.39 is 0 Å². The maximum atomic E-state index is 12.2. The van der Waals surface area contributed by atoms with Gasteiger partial charge < -0.3 is 10.6 Å². The van der Waals surface area contributed by atoms with E-state index in [0.29, 0.717) is 10.0 Å². The lowest BCUT2D eigenvalue weighted by Gasteiger charge is -2.22. The first-order valence-corrected chi connectivity index (χ1v) is 9.33. The molecule has 24 heavy (non-hydrogen) atoms. The summed E-state index contributed by atoms with van der Waals surface area (Å²) in [6.45, 7) is 0.0435. The summed E-state index contributed by atoms with van der Waals surface area (Å²) < 4.78 is 0. The minimum absolute atomic E-state index is 0.0435. The molecule has 1 aromatic rings. The average molecular weight is 369 g/mol. The molecule has 0 spiro atoms. The van der Waals surface area contributed by atoms with Crippen LogP contribution in [0.25, 0.3) is 0 Å². The molecule has 0 bridgehead atoms. The third-order valence-electron chi connectivity index (χ3n) is 4.90. The van der Waals surface area contributed by atoms with Crippen LogP contribution in [0.3, 0.4) is 0 Å². The van der Waals surface area contributed by atoms with Crippen molar-refractivity contribution in [3.8, 4) is 0 Å². The normalized spacial score (nSPS) is 23.6. The van der Waals surface area contributed by atoms with E-state index in [1.807, 2.05) is 12.1 Å². The second-order valence-electron chi connectivity index (χ2n) is 6.71. The van der Waals surface area contributed by atoms with Crippen molar-refractivity contribution in [2.24, 2.45) is 5.92 Å². The van der Waals surface area contributed by atoms with E-state index in [0.717, 1.165) is 24.8 Å². The molecule has 2 atom stereocenters. The summed E-state index contributed by atoms with van der Waals surface area (Å²) in [7, 11) is 0. The second-order valence-corrected chi connectivity index (χ2v) is 7.50. The lowest BCUT2D eigenvalue weighted by Crippen LogP contribution is -2.43. The SMILES string of the molecule is O=C(CNC(=O)C1CC1c1cccc(Cl)c1Cl)NC1CCCCC1. The molecule has 6 heteroatoms. The van der Waals surface area contributed by atoms with Crippen molar-refractivity contribution in [2.75, 3.05) is 6.54 Å². The maximum Gasteiger partial charge on any atom is 0.239 e. The van der Waals surface area contributed by atoms with Crippen LogP contribution >= 0.6 is 23.2 Å². The molecular formula is C18H22Cl2N2O2. The van der Waals surface area contributed by atoms with Gasteiger partial charge in [-0.3, -0.25) is 9.59 Å². The molecule has 2 aliphatic carbocycles. The first kappa shape index (κ1) is 17.6. The van der Waals surface area contributed by atoms with E-state index in [2.05, 4.69) is 10.6 Å².